The molecule has 0 radical (unpaired) electrons. The summed E-state index contributed by atoms with van der Waals surface area (Å²) in [6.45, 7) is 0. The summed E-state index contributed by atoms with van der Waals surface area (Å²) in [5.74, 6) is -1.09. The van der Waals surface area contributed by atoms with Crippen LogP contribution in [0.4, 0.5) is 0 Å². The van der Waals surface area contributed by atoms with Crippen molar-refractivity contribution in [2.45, 2.75) is 4.90 Å². The molecule has 0 spiro atoms. The molecule has 0 heterocycles. The van der Waals surface area contributed by atoms with Crippen LogP contribution >= 0.6 is 0 Å². The summed E-state index contributed by atoms with van der Waals surface area (Å²) < 4.78 is 30.0. The van der Waals surface area contributed by atoms with Gasteiger partial charge in [-0.2, -0.15) is 8.42 Å². The number of carboxylic acids is 1. The molecule has 5 nitrogen and oxygen atoms in total. The molecule has 15 heavy (non-hydrogen) atoms. The molecule has 0 aromatic heterocycles. The summed E-state index contributed by atoms with van der Waals surface area (Å²) in [6, 6.07) is 5.17. The van der Waals surface area contributed by atoms with Crippen LogP contribution in [-0.2, 0) is 14.9 Å². The summed E-state index contributed by atoms with van der Waals surface area (Å²) in [7, 11) is -4.19. The van der Waals surface area contributed by atoms with Gasteiger partial charge in [0.15, 0.2) is 0 Å². The second kappa shape index (κ2) is 4.24. The van der Waals surface area contributed by atoms with E-state index in [9.17, 15) is 13.2 Å². The molecule has 80 valence electrons. The maximum Gasteiger partial charge on any atom is 0.328 e. The molecular formula is C9H8O5S. The molecule has 0 saturated heterocycles. The molecule has 0 aliphatic heterocycles. The molecule has 0 aliphatic carbocycles. The SMILES string of the molecule is O=C(O)/C=C/c1ccc(S(=O)(=O)O)cc1. The lowest BCUT2D eigenvalue weighted by molar-refractivity contribution is -0.131. The van der Waals surface area contributed by atoms with Crippen molar-refractivity contribution in [2.75, 3.05) is 0 Å². The van der Waals surface area contributed by atoms with E-state index in [0.29, 0.717) is 5.56 Å². The molecule has 0 fully saturated rings. The number of rotatable bonds is 3. The predicted octanol–water partition coefficient (Wildman–Crippen LogP) is 1.03. The molecule has 0 bridgehead atoms. The summed E-state index contributed by atoms with van der Waals surface area (Å²) in [5, 5.41) is 8.34. The summed E-state index contributed by atoms with van der Waals surface area (Å²) in [5.41, 5.74) is 0.532. The first-order valence-corrected chi connectivity index (χ1v) is 5.32. The maximum absolute atomic E-state index is 10.7. The molecule has 6 heteroatoms. The van der Waals surface area contributed by atoms with E-state index in [-0.39, 0.29) is 4.90 Å². The van der Waals surface area contributed by atoms with Crippen LogP contribution in [0.25, 0.3) is 6.08 Å². The van der Waals surface area contributed by atoms with Crippen LogP contribution in [0.1, 0.15) is 5.56 Å². The largest absolute Gasteiger partial charge is 0.478 e. The van der Waals surface area contributed by atoms with Crippen LogP contribution in [0, 0.1) is 0 Å². The minimum absolute atomic E-state index is 0.227. The first kappa shape index (κ1) is 11.4. The lowest BCUT2D eigenvalue weighted by Gasteiger charge is -1.96. The van der Waals surface area contributed by atoms with Crippen LogP contribution in [0.15, 0.2) is 35.2 Å². The van der Waals surface area contributed by atoms with Crippen molar-refractivity contribution in [3.63, 3.8) is 0 Å². The number of aliphatic carboxylic acids is 1. The first-order valence-electron chi connectivity index (χ1n) is 3.88. The van der Waals surface area contributed by atoms with Crippen molar-refractivity contribution >= 4 is 22.2 Å². The van der Waals surface area contributed by atoms with Gasteiger partial charge in [0, 0.05) is 6.08 Å². The Hall–Kier alpha value is -1.66. The second-order valence-corrected chi connectivity index (χ2v) is 4.14. The predicted molar refractivity (Wildman–Crippen MR) is 52.9 cm³/mol. The second-order valence-electron chi connectivity index (χ2n) is 2.72. The smallest absolute Gasteiger partial charge is 0.328 e. The van der Waals surface area contributed by atoms with Crippen molar-refractivity contribution < 1.29 is 22.9 Å². The molecular weight excluding hydrogens is 220 g/mol. The monoisotopic (exact) mass is 228 g/mol. The molecule has 1 aromatic carbocycles. The highest BCUT2D eigenvalue weighted by Crippen LogP contribution is 2.10. The van der Waals surface area contributed by atoms with Gasteiger partial charge >= 0.3 is 5.97 Å². The van der Waals surface area contributed by atoms with Crippen molar-refractivity contribution in [1.82, 2.24) is 0 Å². The van der Waals surface area contributed by atoms with Crippen LogP contribution < -0.4 is 0 Å². The van der Waals surface area contributed by atoms with Gasteiger partial charge in [0.1, 0.15) is 0 Å². The number of hydrogen-bond acceptors (Lipinski definition) is 3. The van der Waals surface area contributed by atoms with E-state index in [0.717, 1.165) is 6.08 Å². The van der Waals surface area contributed by atoms with Crippen LogP contribution in [0.5, 0.6) is 0 Å². The Bertz CT molecular complexity index is 484. The van der Waals surface area contributed by atoms with E-state index in [2.05, 4.69) is 0 Å². The molecule has 1 rings (SSSR count). The Morgan fingerprint density at radius 2 is 1.73 bits per heavy atom. The van der Waals surface area contributed by atoms with Gasteiger partial charge in [-0.05, 0) is 23.8 Å². The lowest BCUT2D eigenvalue weighted by atomic mass is 10.2. The summed E-state index contributed by atoms with van der Waals surface area (Å²) in [4.78, 5) is 9.95. The normalized spacial score (nSPS) is 11.8. The fourth-order valence-corrected chi connectivity index (χ4v) is 1.40. The maximum atomic E-state index is 10.7. The minimum atomic E-state index is -4.19. The quantitative estimate of drug-likeness (QED) is 0.595. The van der Waals surface area contributed by atoms with E-state index in [1.165, 1.54) is 30.3 Å². The zero-order valence-electron chi connectivity index (χ0n) is 7.49. The van der Waals surface area contributed by atoms with Crippen LogP contribution in [0.3, 0.4) is 0 Å². The average Bonchev–Trinajstić information content (AvgIpc) is 2.14. The molecule has 0 atom stereocenters. The topological polar surface area (TPSA) is 91.7 Å². The fraction of sp³-hybridized carbons (Fsp3) is 0. The van der Waals surface area contributed by atoms with Gasteiger partial charge in [0.2, 0.25) is 0 Å². The van der Waals surface area contributed by atoms with Gasteiger partial charge in [-0.25, -0.2) is 4.79 Å². The van der Waals surface area contributed by atoms with E-state index >= 15 is 0 Å². The van der Waals surface area contributed by atoms with E-state index in [1.807, 2.05) is 0 Å². The highest BCUT2D eigenvalue weighted by atomic mass is 32.2. The van der Waals surface area contributed by atoms with E-state index in [1.54, 1.807) is 0 Å². The van der Waals surface area contributed by atoms with Crippen LogP contribution in [-0.4, -0.2) is 24.0 Å². The van der Waals surface area contributed by atoms with Crippen molar-refractivity contribution in [1.29, 1.82) is 0 Å². The third-order valence-electron chi connectivity index (χ3n) is 1.60. The van der Waals surface area contributed by atoms with E-state index in [4.69, 9.17) is 9.66 Å². The average molecular weight is 228 g/mol. The van der Waals surface area contributed by atoms with Gasteiger partial charge in [-0.3, -0.25) is 4.55 Å². The standard InChI is InChI=1S/C9H8O5S/c10-9(11)6-3-7-1-4-8(5-2-7)15(12,13)14/h1-6H,(H,10,11)(H,12,13,14)/b6-3+. The third-order valence-corrected chi connectivity index (χ3v) is 2.46. The molecule has 0 aliphatic rings. The zero-order chi connectivity index (χ0) is 11.5. The Balaban J connectivity index is 2.96. The van der Waals surface area contributed by atoms with Gasteiger partial charge < -0.3 is 5.11 Å². The molecule has 0 unspecified atom stereocenters. The minimum Gasteiger partial charge on any atom is -0.478 e. The van der Waals surface area contributed by atoms with Crippen molar-refractivity contribution in [3.05, 3.63) is 35.9 Å². The molecule has 0 saturated carbocycles. The van der Waals surface area contributed by atoms with Crippen molar-refractivity contribution in [3.8, 4) is 0 Å². The van der Waals surface area contributed by atoms with E-state index < -0.39 is 16.1 Å². The molecule has 1 aromatic rings. The summed E-state index contributed by atoms with van der Waals surface area (Å²) in [6.07, 6.45) is 2.25. The molecule has 0 amide bonds. The zero-order valence-corrected chi connectivity index (χ0v) is 8.31. The lowest BCUT2D eigenvalue weighted by Crippen LogP contribution is -1.97. The molecule has 2 N–H and O–H groups in total. The number of hydrogen-bond donors (Lipinski definition) is 2. The van der Waals surface area contributed by atoms with Gasteiger partial charge in [-0.1, -0.05) is 12.1 Å². The highest BCUT2D eigenvalue weighted by Gasteiger charge is 2.07. The Morgan fingerprint density at radius 3 is 2.13 bits per heavy atom. The van der Waals surface area contributed by atoms with Gasteiger partial charge in [0.25, 0.3) is 10.1 Å². The highest BCUT2D eigenvalue weighted by molar-refractivity contribution is 7.85. The van der Waals surface area contributed by atoms with Crippen LogP contribution in [0.2, 0.25) is 0 Å². The number of carboxylic acid groups (broad SMARTS) is 1. The Morgan fingerprint density at radius 1 is 1.20 bits per heavy atom. The third kappa shape index (κ3) is 3.53. The summed E-state index contributed by atoms with van der Waals surface area (Å²) >= 11 is 0. The Labute approximate surface area is 86.4 Å². The van der Waals surface area contributed by atoms with Gasteiger partial charge in [-0.15, -0.1) is 0 Å². The fourth-order valence-electron chi connectivity index (χ4n) is 0.918. The first-order chi connectivity index (χ1) is 6.89. The van der Waals surface area contributed by atoms with Gasteiger partial charge in [0.05, 0.1) is 4.90 Å². The number of carbonyl (C=O) groups is 1. The number of benzene rings is 1. The Kier molecular flexibility index (Phi) is 3.23. The van der Waals surface area contributed by atoms with Crippen molar-refractivity contribution in [2.24, 2.45) is 0 Å².